The molecule has 0 fully saturated rings. The van der Waals surface area contributed by atoms with E-state index in [9.17, 15) is 9.46 Å². The van der Waals surface area contributed by atoms with E-state index < -0.39 is 7.60 Å². The molecule has 1 heterocycles. The van der Waals surface area contributed by atoms with Crippen molar-refractivity contribution in [3.63, 3.8) is 0 Å². The fourth-order valence-corrected chi connectivity index (χ4v) is 4.18. The lowest BCUT2D eigenvalue weighted by Gasteiger charge is -2.28. The standard InChI is InChI=1S/C18H21O3P/c1-11(2)13-9-15(12(3)4)18-16(10-13)14-7-5-6-8-17(14)22(19,20)21-18/h5-12H,1-4H3,(H,19,20). The molecule has 116 valence electrons. The van der Waals surface area contributed by atoms with Crippen molar-refractivity contribution in [2.45, 2.75) is 39.5 Å². The van der Waals surface area contributed by atoms with Gasteiger partial charge in [0.15, 0.2) is 0 Å². The molecular formula is C18H21O3P. The van der Waals surface area contributed by atoms with Crippen LogP contribution in [0.3, 0.4) is 0 Å². The highest BCUT2D eigenvalue weighted by molar-refractivity contribution is 7.62. The first-order chi connectivity index (χ1) is 10.3. The highest BCUT2D eigenvalue weighted by atomic mass is 31.2. The first-order valence-corrected chi connectivity index (χ1v) is 9.19. The van der Waals surface area contributed by atoms with Crippen molar-refractivity contribution in [3.8, 4) is 16.9 Å². The lowest BCUT2D eigenvalue weighted by atomic mass is 9.89. The molecule has 3 rings (SSSR count). The molecule has 0 bridgehead atoms. The van der Waals surface area contributed by atoms with Crippen molar-refractivity contribution in [1.29, 1.82) is 0 Å². The summed E-state index contributed by atoms with van der Waals surface area (Å²) in [5.41, 5.74) is 3.94. The summed E-state index contributed by atoms with van der Waals surface area (Å²) in [6.07, 6.45) is 0. The van der Waals surface area contributed by atoms with E-state index in [1.165, 1.54) is 5.56 Å². The third-order valence-electron chi connectivity index (χ3n) is 4.14. The normalized spacial score (nSPS) is 19.8. The average Bonchev–Trinajstić information content (AvgIpc) is 2.46. The van der Waals surface area contributed by atoms with Crippen LogP contribution in [-0.2, 0) is 4.57 Å². The summed E-state index contributed by atoms with van der Waals surface area (Å²) in [7, 11) is -3.81. The third kappa shape index (κ3) is 2.39. The van der Waals surface area contributed by atoms with Gasteiger partial charge in [-0.25, -0.2) is 4.57 Å². The zero-order chi connectivity index (χ0) is 16.1. The predicted octanol–water partition coefficient (Wildman–Crippen LogP) is 4.80. The van der Waals surface area contributed by atoms with Crippen LogP contribution >= 0.6 is 7.60 Å². The van der Waals surface area contributed by atoms with Crippen LogP contribution < -0.4 is 9.83 Å². The Balaban J connectivity index is 2.36. The van der Waals surface area contributed by atoms with Crippen LogP contribution in [-0.4, -0.2) is 4.89 Å². The summed E-state index contributed by atoms with van der Waals surface area (Å²) in [5.74, 6) is 1.17. The van der Waals surface area contributed by atoms with Crippen LogP contribution in [0.5, 0.6) is 5.75 Å². The Morgan fingerprint density at radius 1 is 1.00 bits per heavy atom. The van der Waals surface area contributed by atoms with Gasteiger partial charge in [0.05, 0.1) is 5.30 Å². The van der Waals surface area contributed by atoms with E-state index in [1.807, 2.05) is 12.1 Å². The zero-order valence-electron chi connectivity index (χ0n) is 13.3. The van der Waals surface area contributed by atoms with E-state index in [0.717, 1.165) is 16.7 Å². The Kier molecular flexibility index (Phi) is 3.66. The van der Waals surface area contributed by atoms with E-state index in [4.69, 9.17) is 4.52 Å². The van der Waals surface area contributed by atoms with Crippen LogP contribution in [0, 0.1) is 0 Å². The van der Waals surface area contributed by atoms with Crippen molar-refractivity contribution >= 4 is 12.9 Å². The highest BCUT2D eigenvalue weighted by Gasteiger charge is 2.36. The van der Waals surface area contributed by atoms with Gasteiger partial charge in [-0.3, -0.25) is 0 Å². The lowest BCUT2D eigenvalue weighted by molar-refractivity contribution is 0.389. The van der Waals surface area contributed by atoms with E-state index in [0.29, 0.717) is 17.0 Å². The van der Waals surface area contributed by atoms with Crippen molar-refractivity contribution < 1.29 is 14.0 Å². The molecule has 1 N–H and O–H groups in total. The first-order valence-electron chi connectivity index (χ1n) is 7.61. The summed E-state index contributed by atoms with van der Waals surface area (Å²) in [5, 5.41) is 0.387. The Hall–Kier alpha value is -1.57. The van der Waals surface area contributed by atoms with Crippen LogP contribution in [0.25, 0.3) is 11.1 Å². The van der Waals surface area contributed by atoms with Gasteiger partial charge in [0, 0.05) is 11.1 Å². The molecule has 0 aliphatic carbocycles. The van der Waals surface area contributed by atoms with Gasteiger partial charge in [0.1, 0.15) is 5.75 Å². The van der Waals surface area contributed by atoms with E-state index in [1.54, 1.807) is 12.1 Å². The molecule has 1 aliphatic rings. The van der Waals surface area contributed by atoms with Crippen molar-refractivity contribution in [1.82, 2.24) is 0 Å². The maximum Gasteiger partial charge on any atom is 0.408 e. The van der Waals surface area contributed by atoms with Crippen molar-refractivity contribution in [3.05, 3.63) is 47.5 Å². The molecule has 0 aromatic heterocycles. The average molecular weight is 316 g/mol. The molecule has 0 saturated carbocycles. The van der Waals surface area contributed by atoms with Crippen LogP contribution in [0.1, 0.15) is 50.7 Å². The van der Waals surface area contributed by atoms with Crippen LogP contribution in [0.4, 0.5) is 0 Å². The van der Waals surface area contributed by atoms with E-state index in [2.05, 4.69) is 39.8 Å². The zero-order valence-corrected chi connectivity index (χ0v) is 14.2. The molecular weight excluding hydrogens is 295 g/mol. The largest absolute Gasteiger partial charge is 0.420 e. The second kappa shape index (κ2) is 5.26. The quantitative estimate of drug-likeness (QED) is 0.809. The predicted molar refractivity (Wildman–Crippen MR) is 90.1 cm³/mol. The lowest BCUT2D eigenvalue weighted by Crippen LogP contribution is -2.18. The van der Waals surface area contributed by atoms with Crippen LogP contribution in [0.2, 0.25) is 0 Å². The summed E-state index contributed by atoms with van der Waals surface area (Å²) in [4.78, 5) is 10.3. The number of hydrogen-bond acceptors (Lipinski definition) is 2. The molecule has 2 aromatic carbocycles. The maximum absolute atomic E-state index is 12.5. The number of hydrogen-bond donors (Lipinski definition) is 1. The second-order valence-corrected chi connectivity index (χ2v) is 8.13. The SMILES string of the molecule is CC(C)c1cc2c(c(C(C)C)c1)OP(=O)(O)c1ccccc1-2. The van der Waals surface area contributed by atoms with Gasteiger partial charge in [0.25, 0.3) is 0 Å². The number of fused-ring (bicyclic) bond motifs is 3. The Labute approximate surface area is 131 Å². The maximum atomic E-state index is 12.5. The summed E-state index contributed by atoms with van der Waals surface area (Å²) < 4.78 is 18.1. The number of rotatable bonds is 2. The first kappa shape index (κ1) is 15.3. The molecule has 1 aliphatic heterocycles. The second-order valence-electron chi connectivity index (χ2n) is 6.43. The molecule has 0 saturated heterocycles. The van der Waals surface area contributed by atoms with Gasteiger partial charge in [-0.05, 0) is 35.1 Å². The van der Waals surface area contributed by atoms with Gasteiger partial charge in [-0.15, -0.1) is 0 Å². The molecule has 4 heteroatoms. The molecule has 22 heavy (non-hydrogen) atoms. The minimum Gasteiger partial charge on any atom is -0.420 e. The molecule has 2 aromatic rings. The molecule has 1 unspecified atom stereocenters. The van der Waals surface area contributed by atoms with Gasteiger partial charge in [-0.1, -0.05) is 52.0 Å². The van der Waals surface area contributed by atoms with Crippen molar-refractivity contribution in [2.24, 2.45) is 0 Å². The third-order valence-corrected chi connectivity index (χ3v) is 5.57. The topological polar surface area (TPSA) is 46.5 Å². The smallest absolute Gasteiger partial charge is 0.408 e. The Morgan fingerprint density at radius 3 is 2.32 bits per heavy atom. The monoisotopic (exact) mass is 316 g/mol. The fraction of sp³-hybridized carbons (Fsp3) is 0.333. The molecule has 0 spiro atoms. The summed E-state index contributed by atoms with van der Waals surface area (Å²) in [6, 6.07) is 11.4. The Bertz CT molecular complexity index is 778. The highest BCUT2D eigenvalue weighted by Crippen LogP contribution is 2.54. The number of benzene rings is 2. The van der Waals surface area contributed by atoms with Crippen molar-refractivity contribution in [2.75, 3.05) is 0 Å². The summed E-state index contributed by atoms with van der Waals surface area (Å²) in [6.45, 7) is 8.45. The van der Waals surface area contributed by atoms with E-state index >= 15 is 0 Å². The molecule has 3 nitrogen and oxygen atoms in total. The van der Waals surface area contributed by atoms with Gasteiger partial charge >= 0.3 is 7.60 Å². The van der Waals surface area contributed by atoms with Gasteiger partial charge in [-0.2, -0.15) is 0 Å². The fourth-order valence-electron chi connectivity index (χ4n) is 2.86. The molecule has 1 atom stereocenters. The molecule has 0 radical (unpaired) electrons. The van der Waals surface area contributed by atoms with Gasteiger partial charge < -0.3 is 9.42 Å². The Morgan fingerprint density at radius 2 is 1.68 bits per heavy atom. The van der Waals surface area contributed by atoms with Gasteiger partial charge in [0.2, 0.25) is 0 Å². The van der Waals surface area contributed by atoms with E-state index in [-0.39, 0.29) is 5.92 Å². The minimum absolute atomic E-state index is 0.220. The minimum atomic E-state index is -3.81. The van der Waals surface area contributed by atoms with Crippen LogP contribution in [0.15, 0.2) is 36.4 Å². The summed E-state index contributed by atoms with van der Waals surface area (Å²) >= 11 is 0. The molecule has 0 amide bonds.